The zero-order valence-electron chi connectivity index (χ0n) is 19.2. The number of hydrogen-bond acceptors (Lipinski definition) is 7. The number of Topliss-reactive ketones (excluding diaryl/α,β-unsaturated/α-hetero) is 1. The molecule has 2 heterocycles. The standard InChI is InChI=1S/C24H29N3O7/c1-15(28)8-5-3-2-4-6-13-25-20(30)14-34-18-10-7-9-16-21(18)24(33)27(23(16)32)17-11-12-19(29)26-22(17)31/h7,9-10,17H,2-6,8,11-14H2,1H3,(H,25,30)(H,26,29,31). The van der Waals surface area contributed by atoms with Crippen LogP contribution in [0.1, 0.15) is 79.0 Å². The number of ketones is 1. The van der Waals surface area contributed by atoms with Gasteiger partial charge in [0, 0.05) is 19.4 Å². The van der Waals surface area contributed by atoms with Crippen LogP contribution < -0.4 is 15.4 Å². The van der Waals surface area contributed by atoms with E-state index in [9.17, 15) is 28.8 Å². The van der Waals surface area contributed by atoms with Crippen molar-refractivity contribution < 1.29 is 33.5 Å². The zero-order chi connectivity index (χ0) is 24.7. The van der Waals surface area contributed by atoms with Gasteiger partial charge in [0.05, 0.1) is 11.1 Å². The monoisotopic (exact) mass is 471 g/mol. The number of benzene rings is 1. The molecule has 1 saturated heterocycles. The molecule has 3 rings (SSSR count). The van der Waals surface area contributed by atoms with Gasteiger partial charge in [-0.15, -0.1) is 0 Å². The van der Waals surface area contributed by atoms with E-state index in [2.05, 4.69) is 10.6 Å². The van der Waals surface area contributed by atoms with Gasteiger partial charge in [0.25, 0.3) is 17.7 Å². The lowest BCUT2D eigenvalue weighted by molar-refractivity contribution is -0.136. The number of amides is 5. The maximum absolute atomic E-state index is 13.0. The summed E-state index contributed by atoms with van der Waals surface area (Å²) < 4.78 is 5.54. The Morgan fingerprint density at radius 1 is 1.06 bits per heavy atom. The summed E-state index contributed by atoms with van der Waals surface area (Å²) in [7, 11) is 0. The normalized spacial score (nSPS) is 17.4. The molecule has 2 aliphatic heterocycles. The Kier molecular flexibility index (Phi) is 8.50. The van der Waals surface area contributed by atoms with E-state index in [1.165, 1.54) is 18.2 Å². The number of fused-ring (bicyclic) bond motifs is 1. The molecule has 1 atom stereocenters. The van der Waals surface area contributed by atoms with Crippen molar-refractivity contribution in [2.24, 2.45) is 0 Å². The largest absolute Gasteiger partial charge is 0.483 e. The molecule has 182 valence electrons. The fraction of sp³-hybridized carbons (Fsp3) is 0.500. The smallest absolute Gasteiger partial charge is 0.266 e. The number of unbranched alkanes of at least 4 members (excludes halogenated alkanes) is 4. The molecule has 10 nitrogen and oxygen atoms in total. The Bertz CT molecular complexity index is 1000. The Hall–Kier alpha value is -3.56. The quantitative estimate of drug-likeness (QED) is 0.348. The fourth-order valence-electron chi connectivity index (χ4n) is 4.06. The number of nitrogens with zero attached hydrogens (tertiary/aromatic N) is 1. The lowest BCUT2D eigenvalue weighted by Crippen LogP contribution is -2.54. The lowest BCUT2D eigenvalue weighted by Gasteiger charge is -2.27. The van der Waals surface area contributed by atoms with E-state index in [1.807, 2.05) is 0 Å². The molecule has 5 amide bonds. The third-order valence-corrected chi connectivity index (χ3v) is 5.82. The van der Waals surface area contributed by atoms with Crippen LogP contribution in [0.2, 0.25) is 0 Å². The summed E-state index contributed by atoms with van der Waals surface area (Å²) in [4.78, 5) is 73.3. The third-order valence-electron chi connectivity index (χ3n) is 5.82. The Balaban J connectivity index is 1.49. The average molecular weight is 472 g/mol. The minimum Gasteiger partial charge on any atom is -0.483 e. The number of ether oxygens (including phenoxy) is 1. The lowest BCUT2D eigenvalue weighted by atomic mass is 10.0. The number of imide groups is 2. The van der Waals surface area contributed by atoms with Crippen LogP contribution in [0.4, 0.5) is 0 Å². The number of nitrogens with one attached hydrogen (secondary N) is 2. The van der Waals surface area contributed by atoms with Crippen LogP contribution >= 0.6 is 0 Å². The Morgan fingerprint density at radius 2 is 1.79 bits per heavy atom. The van der Waals surface area contributed by atoms with Crippen LogP contribution in [0.5, 0.6) is 5.75 Å². The first-order valence-electron chi connectivity index (χ1n) is 11.5. The van der Waals surface area contributed by atoms with E-state index in [4.69, 9.17) is 4.74 Å². The summed E-state index contributed by atoms with van der Waals surface area (Å²) in [6.07, 6.45) is 5.32. The van der Waals surface area contributed by atoms with Gasteiger partial charge >= 0.3 is 0 Å². The number of piperidine rings is 1. The predicted octanol–water partition coefficient (Wildman–Crippen LogP) is 1.51. The van der Waals surface area contributed by atoms with Gasteiger partial charge in [0.2, 0.25) is 11.8 Å². The minimum absolute atomic E-state index is 0.00978. The summed E-state index contributed by atoms with van der Waals surface area (Å²) >= 11 is 0. The van der Waals surface area contributed by atoms with Crippen LogP contribution in [0.3, 0.4) is 0 Å². The van der Waals surface area contributed by atoms with E-state index in [0.29, 0.717) is 13.0 Å². The number of hydrogen-bond donors (Lipinski definition) is 2. The topological polar surface area (TPSA) is 139 Å². The molecular formula is C24H29N3O7. The van der Waals surface area contributed by atoms with Crippen molar-refractivity contribution in [3.63, 3.8) is 0 Å². The highest BCUT2D eigenvalue weighted by Crippen LogP contribution is 2.33. The first-order chi connectivity index (χ1) is 16.3. The molecule has 1 aromatic carbocycles. The van der Waals surface area contributed by atoms with Crippen molar-refractivity contribution in [3.8, 4) is 5.75 Å². The zero-order valence-corrected chi connectivity index (χ0v) is 19.2. The highest BCUT2D eigenvalue weighted by Gasteiger charge is 2.46. The first kappa shape index (κ1) is 25.1. The second-order valence-electron chi connectivity index (χ2n) is 8.48. The van der Waals surface area contributed by atoms with Gasteiger partial charge in [0.1, 0.15) is 17.6 Å². The minimum atomic E-state index is -1.07. The van der Waals surface area contributed by atoms with Crippen LogP contribution in [0.25, 0.3) is 0 Å². The van der Waals surface area contributed by atoms with Crippen LogP contribution in [-0.4, -0.2) is 59.4 Å². The Labute approximate surface area is 197 Å². The molecule has 0 aromatic heterocycles. The molecule has 0 bridgehead atoms. The van der Waals surface area contributed by atoms with Gasteiger partial charge in [-0.25, -0.2) is 0 Å². The Morgan fingerprint density at radius 3 is 2.53 bits per heavy atom. The molecule has 0 saturated carbocycles. The maximum atomic E-state index is 13.0. The molecule has 1 aromatic rings. The number of rotatable bonds is 12. The van der Waals surface area contributed by atoms with Gasteiger partial charge in [-0.2, -0.15) is 0 Å². The SMILES string of the molecule is CC(=O)CCCCCCCNC(=O)COc1cccc2c1C(=O)N(C1CCC(=O)NC1=O)C2=O. The molecule has 2 N–H and O–H groups in total. The highest BCUT2D eigenvalue weighted by molar-refractivity contribution is 6.24. The molecule has 0 radical (unpaired) electrons. The van der Waals surface area contributed by atoms with Crippen molar-refractivity contribution in [1.29, 1.82) is 0 Å². The molecule has 1 unspecified atom stereocenters. The summed E-state index contributed by atoms with van der Waals surface area (Å²) in [6, 6.07) is 3.43. The maximum Gasteiger partial charge on any atom is 0.266 e. The highest BCUT2D eigenvalue weighted by atomic mass is 16.5. The van der Waals surface area contributed by atoms with Gasteiger partial charge in [-0.05, 0) is 38.3 Å². The van der Waals surface area contributed by atoms with Crippen LogP contribution in [0, 0.1) is 0 Å². The molecule has 0 spiro atoms. The van der Waals surface area contributed by atoms with Gasteiger partial charge in [-0.1, -0.05) is 25.3 Å². The average Bonchev–Trinajstić information content (AvgIpc) is 3.05. The van der Waals surface area contributed by atoms with Crippen molar-refractivity contribution in [2.45, 2.75) is 64.3 Å². The van der Waals surface area contributed by atoms with Crippen molar-refractivity contribution in [1.82, 2.24) is 15.5 Å². The number of carbonyl (C=O) groups excluding carboxylic acids is 6. The van der Waals surface area contributed by atoms with Gasteiger partial charge in [-0.3, -0.25) is 34.2 Å². The molecule has 34 heavy (non-hydrogen) atoms. The molecule has 10 heteroatoms. The fourth-order valence-corrected chi connectivity index (χ4v) is 4.06. The molecule has 2 aliphatic rings. The second-order valence-corrected chi connectivity index (χ2v) is 8.48. The van der Waals surface area contributed by atoms with Crippen molar-refractivity contribution in [3.05, 3.63) is 29.3 Å². The van der Waals surface area contributed by atoms with Crippen molar-refractivity contribution in [2.75, 3.05) is 13.2 Å². The summed E-state index contributed by atoms with van der Waals surface area (Å²) in [6.45, 7) is 1.75. The van der Waals surface area contributed by atoms with E-state index >= 15 is 0 Å². The summed E-state index contributed by atoms with van der Waals surface area (Å²) in [5, 5.41) is 4.90. The van der Waals surface area contributed by atoms with Crippen molar-refractivity contribution >= 4 is 35.3 Å². The second kappa shape index (κ2) is 11.5. The van der Waals surface area contributed by atoms with Gasteiger partial charge < -0.3 is 14.8 Å². The molecular weight excluding hydrogens is 442 g/mol. The van der Waals surface area contributed by atoms with Crippen LogP contribution in [-0.2, 0) is 19.2 Å². The summed E-state index contributed by atoms with van der Waals surface area (Å²) in [5.41, 5.74) is 0.105. The third kappa shape index (κ3) is 6.06. The van der Waals surface area contributed by atoms with E-state index in [0.717, 1.165) is 37.0 Å². The van der Waals surface area contributed by atoms with E-state index in [1.54, 1.807) is 6.92 Å². The molecule has 0 aliphatic carbocycles. The van der Waals surface area contributed by atoms with E-state index in [-0.39, 0.29) is 48.0 Å². The summed E-state index contributed by atoms with van der Waals surface area (Å²) in [5.74, 6) is -2.51. The van der Waals surface area contributed by atoms with Crippen LogP contribution in [0.15, 0.2) is 18.2 Å². The first-order valence-corrected chi connectivity index (χ1v) is 11.5. The van der Waals surface area contributed by atoms with E-state index < -0.39 is 29.7 Å². The molecule has 1 fully saturated rings. The number of carbonyl (C=O) groups is 6. The van der Waals surface area contributed by atoms with Gasteiger partial charge in [0.15, 0.2) is 6.61 Å². The predicted molar refractivity (Wildman–Crippen MR) is 120 cm³/mol.